The fourth-order valence-corrected chi connectivity index (χ4v) is 4.08. The monoisotopic (exact) mass is 379 g/mol. The van der Waals surface area contributed by atoms with Crippen LogP contribution in [0, 0.1) is 13.8 Å². The third kappa shape index (κ3) is 3.75. The number of aromatic nitrogens is 4. The Balaban J connectivity index is 1.62. The van der Waals surface area contributed by atoms with Gasteiger partial charge in [0.2, 0.25) is 0 Å². The first kappa shape index (κ1) is 18.9. The average Bonchev–Trinajstić information content (AvgIpc) is 3.30. The molecule has 28 heavy (non-hydrogen) atoms. The Morgan fingerprint density at radius 1 is 1.18 bits per heavy atom. The lowest BCUT2D eigenvalue weighted by atomic mass is 10.0. The van der Waals surface area contributed by atoms with Crippen LogP contribution >= 0.6 is 0 Å². The van der Waals surface area contributed by atoms with Crippen molar-refractivity contribution in [3.63, 3.8) is 0 Å². The van der Waals surface area contributed by atoms with Gasteiger partial charge in [-0.05, 0) is 61.6 Å². The standard InChI is InChI=1S/C22H29N5O/c1-4-22(28)20-13-18-14-25(8-6-10-26(18)24-20)15-19-17(3)11-16(2)12-21(19)27-9-5-7-23-27/h5,7,9,11-13,22,28H,4,6,8,10,14-15H2,1-3H3. The lowest BCUT2D eigenvalue weighted by molar-refractivity contribution is 0.167. The minimum absolute atomic E-state index is 0.473. The number of fused-ring (bicyclic) bond motifs is 1. The van der Waals surface area contributed by atoms with Crippen molar-refractivity contribution in [2.24, 2.45) is 0 Å². The van der Waals surface area contributed by atoms with Crippen LogP contribution in [0.3, 0.4) is 0 Å². The van der Waals surface area contributed by atoms with Crippen molar-refractivity contribution in [3.8, 4) is 5.69 Å². The topological polar surface area (TPSA) is 59.1 Å². The molecule has 3 heterocycles. The van der Waals surface area contributed by atoms with Crippen LogP contribution in [-0.2, 0) is 19.6 Å². The van der Waals surface area contributed by atoms with E-state index in [9.17, 15) is 5.11 Å². The lowest BCUT2D eigenvalue weighted by Crippen LogP contribution is -2.24. The van der Waals surface area contributed by atoms with E-state index in [-0.39, 0.29) is 0 Å². The maximum absolute atomic E-state index is 10.2. The van der Waals surface area contributed by atoms with Crippen LogP contribution in [0.15, 0.2) is 36.7 Å². The molecule has 1 N–H and O–H groups in total. The Labute approximate surface area is 166 Å². The number of hydrogen-bond acceptors (Lipinski definition) is 4. The molecule has 1 aliphatic rings. The zero-order chi connectivity index (χ0) is 19.7. The van der Waals surface area contributed by atoms with Gasteiger partial charge in [-0.25, -0.2) is 4.68 Å². The third-order valence-corrected chi connectivity index (χ3v) is 5.57. The highest BCUT2D eigenvalue weighted by atomic mass is 16.3. The second-order valence-corrected chi connectivity index (χ2v) is 7.80. The quantitative estimate of drug-likeness (QED) is 0.737. The summed E-state index contributed by atoms with van der Waals surface area (Å²) < 4.78 is 4.04. The summed E-state index contributed by atoms with van der Waals surface area (Å²) in [6.07, 6.45) is 5.10. The SMILES string of the molecule is CCC(O)c1cc2n(n1)CCCN(Cc1c(C)cc(C)cc1-n1cccn1)C2. The van der Waals surface area contributed by atoms with Crippen LogP contribution in [0.2, 0.25) is 0 Å². The third-order valence-electron chi connectivity index (χ3n) is 5.57. The van der Waals surface area contributed by atoms with Crippen molar-refractivity contribution >= 4 is 0 Å². The molecule has 1 aromatic carbocycles. The van der Waals surface area contributed by atoms with Gasteiger partial charge in [-0.1, -0.05) is 13.0 Å². The zero-order valence-corrected chi connectivity index (χ0v) is 17.0. The Bertz CT molecular complexity index is 944. The second kappa shape index (κ2) is 7.89. The Morgan fingerprint density at radius 3 is 2.79 bits per heavy atom. The molecule has 0 fully saturated rings. The summed E-state index contributed by atoms with van der Waals surface area (Å²) in [5.74, 6) is 0. The average molecular weight is 380 g/mol. The van der Waals surface area contributed by atoms with E-state index in [4.69, 9.17) is 0 Å². The van der Waals surface area contributed by atoms with Gasteiger partial charge in [-0.2, -0.15) is 10.2 Å². The fraction of sp³-hybridized carbons (Fsp3) is 0.455. The van der Waals surface area contributed by atoms with E-state index in [1.807, 2.05) is 30.1 Å². The number of nitrogens with zero attached hydrogens (tertiary/aromatic N) is 5. The van der Waals surface area contributed by atoms with Crippen LogP contribution < -0.4 is 0 Å². The molecular formula is C22H29N5O. The first-order valence-electron chi connectivity index (χ1n) is 10.1. The highest BCUT2D eigenvalue weighted by Crippen LogP contribution is 2.25. The molecule has 0 spiro atoms. The van der Waals surface area contributed by atoms with Crippen LogP contribution in [0.5, 0.6) is 0 Å². The summed E-state index contributed by atoms with van der Waals surface area (Å²) in [7, 11) is 0. The molecule has 0 amide bonds. The fourth-order valence-electron chi connectivity index (χ4n) is 4.08. The molecule has 4 rings (SSSR count). The van der Waals surface area contributed by atoms with E-state index >= 15 is 0 Å². The minimum atomic E-state index is -0.473. The Kier molecular flexibility index (Phi) is 5.33. The summed E-state index contributed by atoms with van der Waals surface area (Å²) in [5.41, 5.74) is 7.00. The van der Waals surface area contributed by atoms with Crippen molar-refractivity contribution in [1.82, 2.24) is 24.5 Å². The number of aliphatic hydroxyl groups excluding tert-OH is 1. The highest BCUT2D eigenvalue weighted by molar-refractivity contribution is 5.48. The van der Waals surface area contributed by atoms with Crippen molar-refractivity contribution in [3.05, 3.63) is 64.7 Å². The van der Waals surface area contributed by atoms with Crippen LogP contribution in [0.4, 0.5) is 0 Å². The molecule has 1 atom stereocenters. The van der Waals surface area contributed by atoms with Gasteiger partial charge in [0.05, 0.1) is 23.2 Å². The summed E-state index contributed by atoms with van der Waals surface area (Å²) in [6, 6.07) is 8.50. The van der Waals surface area contributed by atoms with Crippen molar-refractivity contribution in [2.75, 3.05) is 6.54 Å². The Hall–Kier alpha value is -2.44. The van der Waals surface area contributed by atoms with Crippen LogP contribution in [0.1, 0.15) is 53.9 Å². The maximum Gasteiger partial charge on any atom is 0.0975 e. The van der Waals surface area contributed by atoms with Crippen molar-refractivity contribution in [2.45, 2.75) is 59.4 Å². The first-order chi connectivity index (χ1) is 13.5. The summed E-state index contributed by atoms with van der Waals surface area (Å²) in [4.78, 5) is 2.48. The first-order valence-corrected chi connectivity index (χ1v) is 10.1. The molecule has 3 aromatic rings. The van der Waals surface area contributed by atoms with E-state index in [0.29, 0.717) is 6.42 Å². The predicted molar refractivity (Wildman–Crippen MR) is 109 cm³/mol. The largest absolute Gasteiger partial charge is 0.387 e. The smallest absolute Gasteiger partial charge is 0.0975 e. The molecule has 0 bridgehead atoms. The number of aliphatic hydroxyl groups is 1. The normalized spacial score (nSPS) is 16.0. The molecule has 148 valence electrons. The highest BCUT2D eigenvalue weighted by Gasteiger charge is 2.21. The maximum atomic E-state index is 10.2. The predicted octanol–water partition coefficient (Wildman–Crippen LogP) is 3.53. The molecule has 1 unspecified atom stereocenters. The van der Waals surface area contributed by atoms with Gasteiger partial charge in [0.25, 0.3) is 0 Å². The van der Waals surface area contributed by atoms with E-state index in [1.54, 1.807) is 0 Å². The summed E-state index contributed by atoms with van der Waals surface area (Å²) in [5, 5.41) is 19.3. The van der Waals surface area contributed by atoms with Crippen molar-refractivity contribution < 1.29 is 5.11 Å². The van der Waals surface area contributed by atoms with E-state index in [2.05, 4.69) is 51.8 Å². The second-order valence-electron chi connectivity index (χ2n) is 7.80. The minimum Gasteiger partial charge on any atom is -0.387 e. The van der Waals surface area contributed by atoms with Gasteiger partial charge >= 0.3 is 0 Å². The van der Waals surface area contributed by atoms with Gasteiger partial charge in [-0.3, -0.25) is 9.58 Å². The molecule has 6 nitrogen and oxygen atoms in total. The van der Waals surface area contributed by atoms with Gasteiger partial charge in [0.1, 0.15) is 0 Å². The molecular weight excluding hydrogens is 350 g/mol. The van der Waals surface area contributed by atoms with Crippen molar-refractivity contribution in [1.29, 1.82) is 0 Å². The Morgan fingerprint density at radius 2 is 2.04 bits per heavy atom. The molecule has 6 heteroatoms. The van der Waals surface area contributed by atoms with E-state index in [1.165, 1.54) is 22.4 Å². The molecule has 0 radical (unpaired) electrons. The zero-order valence-electron chi connectivity index (χ0n) is 17.0. The van der Waals surface area contributed by atoms with E-state index in [0.717, 1.165) is 44.0 Å². The van der Waals surface area contributed by atoms with Gasteiger partial charge in [0, 0.05) is 38.6 Å². The van der Waals surface area contributed by atoms with Gasteiger partial charge < -0.3 is 5.11 Å². The van der Waals surface area contributed by atoms with Crippen LogP contribution in [0.25, 0.3) is 5.69 Å². The van der Waals surface area contributed by atoms with Gasteiger partial charge in [0.15, 0.2) is 0 Å². The summed E-state index contributed by atoms with van der Waals surface area (Å²) in [6.45, 7) is 9.95. The summed E-state index contributed by atoms with van der Waals surface area (Å²) >= 11 is 0. The van der Waals surface area contributed by atoms with E-state index < -0.39 is 6.10 Å². The molecule has 0 aliphatic carbocycles. The molecule has 0 saturated carbocycles. The number of rotatable bonds is 5. The number of aryl methyl sites for hydroxylation is 3. The van der Waals surface area contributed by atoms with Crippen LogP contribution in [-0.4, -0.2) is 36.1 Å². The molecule has 0 saturated heterocycles. The molecule has 2 aromatic heterocycles. The van der Waals surface area contributed by atoms with Gasteiger partial charge in [-0.15, -0.1) is 0 Å². The molecule has 1 aliphatic heterocycles. The lowest BCUT2D eigenvalue weighted by Gasteiger charge is -2.23. The number of benzene rings is 1. The number of hydrogen-bond donors (Lipinski definition) is 1.